The molecule has 0 aliphatic rings. The predicted molar refractivity (Wildman–Crippen MR) is 120 cm³/mol. The van der Waals surface area contributed by atoms with E-state index in [1.54, 1.807) is 12.1 Å². The van der Waals surface area contributed by atoms with Gasteiger partial charge < -0.3 is 9.73 Å². The van der Waals surface area contributed by atoms with Crippen molar-refractivity contribution >= 4 is 38.6 Å². The fraction of sp³-hybridized carbons (Fsp3) is 0.167. The highest BCUT2D eigenvalue weighted by Gasteiger charge is 2.12. The van der Waals surface area contributed by atoms with Gasteiger partial charge in [-0.25, -0.2) is 4.98 Å². The molecule has 0 saturated heterocycles. The van der Waals surface area contributed by atoms with Gasteiger partial charge in [-0.05, 0) is 78.6 Å². The van der Waals surface area contributed by atoms with E-state index in [-0.39, 0.29) is 5.91 Å². The van der Waals surface area contributed by atoms with Crippen LogP contribution in [0, 0.1) is 0 Å². The Balaban J connectivity index is 1.52. The number of fused-ring (bicyclic) bond motifs is 1. The number of amides is 1. The molecular formula is C24H21BrN2O2. The maximum absolute atomic E-state index is 12.4. The molecule has 0 aliphatic heterocycles. The van der Waals surface area contributed by atoms with Gasteiger partial charge in [0, 0.05) is 21.3 Å². The minimum Gasteiger partial charge on any atom is -0.436 e. The number of nitrogens with one attached hydrogen (secondary N) is 1. The molecule has 0 radical (unpaired) electrons. The molecule has 1 amide bonds. The van der Waals surface area contributed by atoms with Gasteiger partial charge in [0.15, 0.2) is 5.58 Å². The summed E-state index contributed by atoms with van der Waals surface area (Å²) in [6, 6.07) is 20.9. The largest absolute Gasteiger partial charge is 0.436 e. The molecule has 4 aromatic rings. The van der Waals surface area contributed by atoms with Crippen molar-refractivity contribution in [3.8, 4) is 11.5 Å². The molecule has 0 saturated carbocycles. The molecule has 0 fully saturated rings. The number of benzene rings is 3. The first-order valence-corrected chi connectivity index (χ1v) is 10.4. The van der Waals surface area contributed by atoms with Crippen LogP contribution in [0.25, 0.3) is 22.6 Å². The highest BCUT2D eigenvalue weighted by atomic mass is 79.9. The van der Waals surface area contributed by atoms with Crippen LogP contribution in [0.1, 0.15) is 42.1 Å². The van der Waals surface area contributed by atoms with Crippen molar-refractivity contribution in [2.45, 2.75) is 26.2 Å². The SMILES string of the molecule is CC[C@H](C)c1ccc2oc(-c3ccc(NC(=O)c4ccc(Br)cc4)cc3)nc2c1. The van der Waals surface area contributed by atoms with Crippen molar-refractivity contribution in [3.05, 3.63) is 82.3 Å². The molecule has 29 heavy (non-hydrogen) atoms. The Morgan fingerprint density at radius 2 is 1.79 bits per heavy atom. The van der Waals surface area contributed by atoms with Crippen LogP contribution in [0.2, 0.25) is 0 Å². The second-order valence-electron chi connectivity index (χ2n) is 7.09. The van der Waals surface area contributed by atoms with E-state index >= 15 is 0 Å². The Bertz CT molecular complexity index is 1150. The summed E-state index contributed by atoms with van der Waals surface area (Å²) >= 11 is 3.37. The van der Waals surface area contributed by atoms with E-state index in [2.05, 4.69) is 52.2 Å². The Morgan fingerprint density at radius 3 is 2.48 bits per heavy atom. The third-order valence-electron chi connectivity index (χ3n) is 5.09. The quantitative estimate of drug-likeness (QED) is 0.356. The van der Waals surface area contributed by atoms with Gasteiger partial charge in [0.1, 0.15) is 5.52 Å². The van der Waals surface area contributed by atoms with E-state index in [0.717, 1.165) is 33.2 Å². The van der Waals surface area contributed by atoms with E-state index in [1.807, 2.05) is 42.5 Å². The number of oxazole rings is 1. The lowest BCUT2D eigenvalue weighted by atomic mass is 9.98. The lowest BCUT2D eigenvalue weighted by Crippen LogP contribution is -2.11. The second kappa shape index (κ2) is 8.21. The maximum atomic E-state index is 12.4. The molecule has 4 nitrogen and oxygen atoms in total. The predicted octanol–water partition coefficient (Wildman–Crippen LogP) is 7.02. The smallest absolute Gasteiger partial charge is 0.255 e. The van der Waals surface area contributed by atoms with Gasteiger partial charge in [0.25, 0.3) is 5.91 Å². The number of halogens is 1. The fourth-order valence-corrected chi connectivity index (χ4v) is 3.38. The molecule has 3 aromatic carbocycles. The summed E-state index contributed by atoms with van der Waals surface area (Å²) in [6.45, 7) is 4.39. The highest BCUT2D eigenvalue weighted by molar-refractivity contribution is 9.10. The number of carbonyl (C=O) groups excluding carboxylic acids is 1. The van der Waals surface area contributed by atoms with Gasteiger partial charge in [-0.15, -0.1) is 0 Å². The third kappa shape index (κ3) is 4.25. The second-order valence-corrected chi connectivity index (χ2v) is 8.01. The summed E-state index contributed by atoms with van der Waals surface area (Å²) in [6.07, 6.45) is 1.09. The molecule has 4 rings (SSSR count). The molecule has 0 spiro atoms. The summed E-state index contributed by atoms with van der Waals surface area (Å²) in [5.41, 5.74) is 5.11. The van der Waals surface area contributed by atoms with Gasteiger partial charge >= 0.3 is 0 Å². The summed E-state index contributed by atoms with van der Waals surface area (Å²) in [5.74, 6) is 0.921. The fourth-order valence-electron chi connectivity index (χ4n) is 3.11. The van der Waals surface area contributed by atoms with Crippen LogP contribution in [-0.2, 0) is 0 Å². The maximum Gasteiger partial charge on any atom is 0.255 e. The molecule has 0 unspecified atom stereocenters. The van der Waals surface area contributed by atoms with Gasteiger partial charge in [0.05, 0.1) is 0 Å². The molecule has 1 N–H and O–H groups in total. The summed E-state index contributed by atoms with van der Waals surface area (Å²) < 4.78 is 6.86. The van der Waals surface area contributed by atoms with E-state index in [1.165, 1.54) is 5.56 Å². The first kappa shape index (κ1) is 19.4. The van der Waals surface area contributed by atoms with E-state index in [0.29, 0.717) is 17.4 Å². The standard InChI is InChI=1S/C24H21BrN2O2/c1-3-15(2)18-8-13-22-21(14-18)27-24(29-22)17-6-11-20(12-7-17)26-23(28)16-4-9-19(25)10-5-16/h4-15H,3H2,1-2H3,(H,26,28)/t15-/m0/s1. The van der Waals surface area contributed by atoms with Crippen LogP contribution < -0.4 is 5.32 Å². The number of hydrogen-bond donors (Lipinski definition) is 1. The van der Waals surface area contributed by atoms with Crippen molar-refractivity contribution in [2.75, 3.05) is 5.32 Å². The Labute approximate surface area is 178 Å². The van der Waals surface area contributed by atoms with Gasteiger partial charge in [-0.3, -0.25) is 4.79 Å². The zero-order valence-corrected chi connectivity index (χ0v) is 17.9. The minimum atomic E-state index is -0.148. The number of carbonyl (C=O) groups is 1. The zero-order chi connectivity index (χ0) is 20.4. The lowest BCUT2D eigenvalue weighted by Gasteiger charge is -2.07. The van der Waals surface area contributed by atoms with Crippen LogP contribution >= 0.6 is 15.9 Å². The van der Waals surface area contributed by atoms with Crippen molar-refractivity contribution < 1.29 is 9.21 Å². The molecule has 1 aromatic heterocycles. The van der Waals surface area contributed by atoms with Gasteiger partial charge in [-0.1, -0.05) is 35.8 Å². The topological polar surface area (TPSA) is 55.1 Å². The molecule has 0 aliphatic carbocycles. The number of anilines is 1. The number of aromatic nitrogens is 1. The number of nitrogens with zero attached hydrogens (tertiary/aromatic N) is 1. The molecule has 5 heteroatoms. The first-order valence-electron chi connectivity index (χ1n) is 9.61. The summed E-state index contributed by atoms with van der Waals surface area (Å²) in [7, 11) is 0. The van der Waals surface area contributed by atoms with Crippen LogP contribution in [0.5, 0.6) is 0 Å². The Morgan fingerprint density at radius 1 is 1.07 bits per heavy atom. The van der Waals surface area contributed by atoms with Crippen molar-refractivity contribution in [1.29, 1.82) is 0 Å². The summed E-state index contributed by atoms with van der Waals surface area (Å²) in [5, 5.41) is 2.90. The average Bonchev–Trinajstić information content (AvgIpc) is 3.17. The van der Waals surface area contributed by atoms with Gasteiger partial charge in [0.2, 0.25) is 5.89 Å². The molecule has 1 atom stereocenters. The minimum absolute atomic E-state index is 0.148. The van der Waals surface area contributed by atoms with Crippen molar-refractivity contribution in [3.63, 3.8) is 0 Å². The number of hydrogen-bond acceptors (Lipinski definition) is 3. The van der Waals surface area contributed by atoms with Gasteiger partial charge in [-0.2, -0.15) is 0 Å². The molecule has 1 heterocycles. The Kier molecular flexibility index (Phi) is 5.49. The van der Waals surface area contributed by atoms with Crippen LogP contribution in [0.3, 0.4) is 0 Å². The van der Waals surface area contributed by atoms with Crippen LogP contribution in [0.15, 0.2) is 75.6 Å². The molecule has 0 bridgehead atoms. The number of rotatable bonds is 5. The molecular weight excluding hydrogens is 428 g/mol. The summed E-state index contributed by atoms with van der Waals surface area (Å²) in [4.78, 5) is 17.0. The normalized spacial score (nSPS) is 12.1. The average molecular weight is 449 g/mol. The third-order valence-corrected chi connectivity index (χ3v) is 5.62. The highest BCUT2D eigenvalue weighted by Crippen LogP contribution is 2.28. The molecule has 146 valence electrons. The van der Waals surface area contributed by atoms with Crippen LogP contribution in [-0.4, -0.2) is 10.9 Å². The van der Waals surface area contributed by atoms with Crippen molar-refractivity contribution in [1.82, 2.24) is 4.98 Å². The Hall–Kier alpha value is -2.92. The van der Waals surface area contributed by atoms with E-state index in [4.69, 9.17) is 4.42 Å². The monoisotopic (exact) mass is 448 g/mol. The van der Waals surface area contributed by atoms with E-state index < -0.39 is 0 Å². The van der Waals surface area contributed by atoms with Crippen molar-refractivity contribution in [2.24, 2.45) is 0 Å². The lowest BCUT2D eigenvalue weighted by molar-refractivity contribution is 0.102. The first-order chi connectivity index (χ1) is 14.0. The van der Waals surface area contributed by atoms with Crippen LogP contribution in [0.4, 0.5) is 5.69 Å². The van der Waals surface area contributed by atoms with E-state index in [9.17, 15) is 4.79 Å². The zero-order valence-electron chi connectivity index (χ0n) is 16.3.